The zero-order valence-corrected chi connectivity index (χ0v) is 22.4. The van der Waals surface area contributed by atoms with Gasteiger partial charge >= 0.3 is 0 Å². The van der Waals surface area contributed by atoms with Crippen molar-refractivity contribution in [1.29, 1.82) is 0 Å². The molecule has 0 aliphatic carbocycles. The number of unbranched alkanes of at least 4 members (excludes halogenated alkanes) is 1. The van der Waals surface area contributed by atoms with Crippen molar-refractivity contribution in [3.63, 3.8) is 0 Å². The van der Waals surface area contributed by atoms with Gasteiger partial charge in [0, 0.05) is 19.6 Å². The molecule has 2 atom stereocenters. The fraction of sp³-hybridized carbons (Fsp3) is 0.483. The van der Waals surface area contributed by atoms with Crippen molar-refractivity contribution in [1.82, 2.24) is 14.5 Å². The fourth-order valence-electron chi connectivity index (χ4n) is 4.65. The molecule has 2 unspecified atom stereocenters. The van der Waals surface area contributed by atoms with Gasteiger partial charge in [-0.05, 0) is 56.5 Å². The van der Waals surface area contributed by atoms with Crippen molar-refractivity contribution in [2.75, 3.05) is 27.4 Å². The Bertz CT molecular complexity index is 1240. The van der Waals surface area contributed by atoms with E-state index >= 15 is 0 Å². The first-order valence-electron chi connectivity index (χ1n) is 12.8. The highest BCUT2D eigenvalue weighted by Crippen LogP contribution is 2.30. The second kappa shape index (κ2) is 12.7. The van der Waals surface area contributed by atoms with Gasteiger partial charge < -0.3 is 14.4 Å². The number of fused-ring (bicyclic) bond motifs is 1. The Morgan fingerprint density at radius 1 is 1.14 bits per heavy atom. The first kappa shape index (κ1) is 27.4. The van der Waals surface area contributed by atoms with Gasteiger partial charge in [-0.1, -0.05) is 44.9 Å². The zero-order chi connectivity index (χ0) is 26.2. The first-order valence-corrected chi connectivity index (χ1v) is 12.8. The maximum absolute atomic E-state index is 13.9. The third kappa shape index (κ3) is 5.78. The number of benzene rings is 2. The molecule has 0 fully saturated rings. The summed E-state index contributed by atoms with van der Waals surface area (Å²) in [5, 5.41) is 0.515. The van der Waals surface area contributed by atoms with E-state index in [1.54, 1.807) is 24.9 Å². The van der Waals surface area contributed by atoms with Gasteiger partial charge in [0.2, 0.25) is 5.91 Å². The van der Waals surface area contributed by atoms with Crippen LogP contribution < -0.4 is 10.3 Å². The normalized spacial score (nSPS) is 12.9. The lowest BCUT2D eigenvalue weighted by Gasteiger charge is -2.33. The minimum absolute atomic E-state index is 0.0701. The Morgan fingerprint density at radius 3 is 2.56 bits per heavy atom. The van der Waals surface area contributed by atoms with Crippen LogP contribution in [0.25, 0.3) is 16.6 Å². The number of methoxy groups -OCH3 is 2. The molecule has 0 saturated carbocycles. The van der Waals surface area contributed by atoms with Crippen LogP contribution in [0.4, 0.5) is 0 Å². The molecule has 194 valence electrons. The summed E-state index contributed by atoms with van der Waals surface area (Å²) in [4.78, 5) is 34.5. The third-order valence-electron chi connectivity index (χ3n) is 6.79. The smallest absolute Gasteiger partial charge is 0.266 e. The van der Waals surface area contributed by atoms with Gasteiger partial charge in [-0.3, -0.25) is 14.2 Å². The van der Waals surface area contributed by atoms with Crippen LogP contribution >= 0.6 is 0 Å². The molecule has 2 aromatic carbocycles. The summed E-state index contributed by atoms with van der Waals surface area (Å²) in [6.07, 6.45) is 3.64. The van der Waals surface area contributed by atoms with Crippen LogP contribution in [0.1, 0.15) is 63.9 Å². The maximum Gasteiger partial charge on any atom is 0.266 e. The first-order chi connectivity index (χ1) is 17.4. The molecule has 0 spiro atoms. The monoisotopic (exact) mass is 493 g/mol. The number of hydrogen-bond acceptors (Lipinski definition) is 5. The molecule has 36 heavy (non-hydrogen) atoms. The Kier molecular flexibility index (Phi) is 9.65. The second-order valence-corrected chi connectivity index (χ2v) is 9.25. The minimum Gasteiger partial charge on any atom is -0.495 e. The summed E-state index contributed by atoms with van der Waals surface area (Å²) in [5.41, 5.74) is 2.01. The lowest BCUT2D eigenvalue weighted by molar-refractivity contribution is -0.139. The lowest BCUT2D eigenvalue weighted by atomic mass is 9.97. The predicted octanol–water partition coefficient (Wildman–Crippen LogP) is 5.46. The predicted molar refractivity (Wildman–Crippen MR) is 144 cm³/mol. The van der Waals surface area contributed by atoms with Crippen LogP contribution in [0.5, 0.6) is 5.75 Å². The molecule has 3 aromatic rings. The van der Waals surface area contributed by atoms with Crippen molar-refractivity contribution < 1.29 is 14.3 Å². The van der Waals surface area contributed by atoms with Gasteiger partial charge in [0.15, 0.2) is 0 Å². The summed E-state index contributed by atoms with van der Waals surface area (Å²) < 4.78 is 12.6. The molecular formula is C29H39N3O4. The molecule has 0 saturated heterocycles. The van der Waals surface area contributed by atoms with Crippen LogP contribution in [-0.4, -0.2) is 47.7 Å². The molecule has 0 aliphatic rings. The second-order valence-electron chi connectivity index (χ2n) is 9.25. The highest BCUT2D eigenvalue weighted by Gasteiger charge is 2.31. The van der Waals surface area contributed by atoms with Gasteiger partial charge in [0.05, 0.1) is 36.3 Å². The molecule has 0 aliphatic heterocycles. The highest BCUT2D eigenvalue weighted by atomic mass is 16.5. The Balaban J connectivity index is 2.24. The quantitative estimate of drug-likeness (QED) is 0.335. The Morgan fingerprint density at radius 2 is 1.89 bits per heavy atom. The standard InChI is InChI=1S/C29H39N3O4/c1-7-9-12-22(8-2)28(33)31(17-18-35-5)21(4)27-30-24-14-11-10-13-23(24)29(34)32(27)25-19-20(3)15-16-26(25)36-6/h10-11,13-16,19,21-22H,7-9,12,17-18H2,1-6H3. The summed E-state index contributed by atoms with van der Waals surface area (Å²) in [7, 11) is 3.22. The molecule has 0 N–H and O–H groups in total. The zero-order valence-electron chi connectivity index (χ0n) is 22.4. The van der Waals surface area contributed by atoms with Gasteiger partial charge in [0.25, 0.3) is 5.56 Å². The summed E-state index contributed by atoms with van der Waals surface area (Å²) >= 11 is 0. The molecule has 1 aromatic heterocycles. The van der Waals surface area contributed by atoms with Gasteiger partial charge in [0.1, 0.15) is 11.6 Å². The van der Waals surface area contributed by atoms with Crippen LogP contribution in [0.2, 0.25) is 0 Å². The number of aryl methyl sites for hydroxylation is 1. The number of carbonyl (C=O) groups is 1. The van der Waals surface area contributed by atoms with E-state index in [0.717, 1.165) is 31.2 Å². The molecule has 3 rings (SSSR count). The largest absolute Gasteiger partial charge is 0.495 e. The van der Waals surface area contributed by atoms with Crippen LogP contribution in [0.3, 0.4) is 0 Å². The highest BCUT2D eigenvalue weighted by molar-refractivity contribution is 5.80. The Labute approximate surface area is 214 Å². The SMILES string of the molecule is CCCCC(CC)C(=O)N(CCOC)C(C)c1nc2ccccc2c(=O)n1-c1cc(C)ccc1OC. The molecule has 7 heteroatoms. The van der Waals surface area contributed by atoms with Gasteiger partial charge in [-0.15, -0.1) is 0 Å². The van der Waals surface area contributed by atoms with E-state index in [9.17, 15) is 9.59 Å². The van der Waals surface area contributed by atoms with Crippen LogP contribution in [-0.2, 0) is 9.53 Å². The van der Waals surface area contributed by atoms with Crippen molar-refractivity contribution in [3.8, 4) is 11.4 Å². The minimum atomic E-state index is -0.467. The number of carbonyl (C=O) groups excluding carboxylic acids is 1. The average Bonchev–Trinajstić information content (AvgIpc) is 2.89. The topological polar surface area (TPSA) is 73.7 Å². The summed E-state index contributed by atoms with van der Waals surface area (Å²) in [5.74, 6) is 1.05. The average molecular weight is 494 g/mol. The van der Waals surface area contributed by atoms with Crippen LogP contribution in [0, 0.1) is 12.8 Å². The van der Waals surface area contributed by atoms with E-state index in [1.165, 1.54) is 0 Å². The molecule has 0 bridgehead atoms. The number of ether oxygens (including phenoxy) is 2. The van der Waals surface area contributed by atoms with E-state index < -0.39 is 6.04 Å². The summed E-state index contributed by atoms with van der Waals surface area (Å²) in [6.45, 7) is 8.91. The number of nitrogens with zero attached hydrogens (tertiary/aromatic N) is 3. The molecule has 0 radical (unpaired) electrons. The number of hydrogen-bond donors (Lipinski definition) is 0. The molecule has 1 amide bonds. The third-order valence-corrected chi connectivity index (χ3v) is 6.79. The van der Waals surface area contributed by atoms with Gasteiger partial charge in [-0.2, -0.15) is 0 Å². The van der Waals surface area contributed by atoms with Crippen LogP contribution in [0.15, 0.2) is 47.3 Å². The van der Waals surface area contributed by atoms with Crippen molar-refractivity contribution >= 4 is 16.8 Å². The lowest BCUT2D eigenvalue weighted by Crippen LogP contribution is -2.42. The molecular weight excluding hydrogens is 454 g/mol. The number of rotatable bonds is 12. The summed E-state index contributed by atoms with van der Waals surface area (Å²) in [6, 6.07) is 12.6. The van der Waals surface area contributed by atoms with E-state index in [4.69, 9.17) is 14.5 Å². The van der Waals surface area contributed by atoms with E-state index in [-0.39, 0.29) is 17.4 Å². The van der Waals surface area contributed by atoms with E-state index in [1.807, 2.05) is 55.1 Å². The molecule has 1 heterocycles. The molecule has 7 nitrogen and oxygen atoms in total. The number of amides is 1. The van der Waals surface area contributed by atoms with E-state index in [2.05, 4.69) is 13.8 Å². The maximum atomic E-state index is 13.9. The van der Waals surface area contributed by atoms with Crippen molar-refractivity contribution in [2.45, 2.75) is 59.4 Å². The fourth-order valence-corrected chi connectivity index (χ4v) is 4.65. The number of para-hydroxylation sites is 1. The van der Waals surface area contributed by atoms with Crippen molar-refractivity contribution in [2.24, 2.45) is 5.92 Å². The van der Waals surface area contributed by atoms with Crippen molar-refractivity contribution in [3.05, 3.63) is 64.2 Å². The van der Waals surface area contributed by atoms with E-state index in [0.29, 0.717) is 41.3 Å². The Hall–Kier alpha value is -3.19. The van der Waals surface area contributed by atoms with Gasteiger partial charge in [-0.25, -0.2) is 4.98 Å². The number of aromatic nitrogens is 2.